The fraction of sp³-hybridized carbons (Fsp3) is 0.364. The number of pyridine rings is 1. The van der Waals surface area contributed by atoms with Gasteiger partial charge >= 0.3 is 6.03 Å². The summed E-state index contributed by atoms with van der Waals surface area (Å²) in [5.74, 6) is -0.0360. The highest BCUT2D eigenvalue weighted by atomic mass is 16.2. The summed E-state index contributed by atoms with van der Waals surface area (Å²) in [5.41, 5.74) is 1.26. The molecule has 1 saturated heterocycles. The summed E-state index contributed by atoms with van der Waals surface area (Å²) in [4.78, 5) is 42.7. The van der Waals surface area contributed by atoms with Gasteiger partial charge in [0.2, 0.25) is 5.91 Å². The first-order chi connectivity index (χ1) is 14.1. The molecular weight excluding hydrogens is 368 g/mol. The van der Waals surface area contributed by atoms with Crippen LogP contribution in [-0.2, 0) is 9.59 Å². The van der Waals surface area contributed by atoms with E-state index in [0.29, 0.717) is 18.7 Å². The van der Waals surface area contributed by atoms with Gasteiger partial charge in [0.25, 0.3) is 5.91 Å². The van der Waals surface area contributed by atoms with Crippen molar-refractivity contribution in [3.05, 3.63) is 48.7 Å². The first-order valence-electron chi connectivity index (χ1n) is 10.0. The lowest BCUT2D eigenvalue weighted by molar-refractivity contribution is -0.132. The Morgan fingerprint density at radius 1 is 1.03 bits per heavy atom. The van der Waals surface area contributed by atoms with E-state index in [1.165, 1.54) is 4.90 Å². The van der Waals surface area contributed by atoms with Crippen LogP contribution < -0.4 is 10.6 Å². The minimum Gasteiger partial charge on any atom is -0.323 e. The number of rotatable bonds is 5. The molecule has 1 spiro atoms. The molecule has 1 aliphatic carbocycles. The number of urea groups is 1. The van der Waals surface area contributed by atoms with Crippen molar-refractivity contribution in [2.45, 2.75) is 44.1 Å². The summed E-state index contributed by atoms with van der Waals surface area (Å²) < 4.78 is 0. The van der Waals surface area contributed by atoms with Crippen LogP contribution in [0.5, 0.6) is 0 Å². The SMILES string of the molecule is O=C(CCN1C(=O)NC2(CCCCC2)C1=O)Nc1ccc(-c2ccccc2)cn1. The summed E-state index contributed by atoms with van der Waals surface area (Å²) in [6.07, 6.45) is 6.06. The average Bonchev–Trinajstić information content (AvgIpc) is 2.97. The predicted octanol–water partition coefficient (Wildman–Crippen LogP) is 3.33. The first kappa shape index (κ1) is 19.1. The minimum atomic E-state index is -0.749. The van der Waals surface area contributed by atoms with Crippen LogP contribution in [0.2, 0.25) is 0 Å². The van der Waals surface area contributed by atoms with E-state index >= 15 is 0 Å². The number of carbonyl (C=O) groups is 3. The zero-order valence-electron chi connectivity index (χ0n) is 16.2. The number of anilines is 1. The molecule has 1 aromatic carbocycles. The standard InChI is InChI=1S/C22H24N4O3/c27-19(24-18-10-9-17(15-23-18)16-7-3-1-4-8-16)11-14-26-20(28)22(25-21(26)29)12-5-2-6-13-22/h1,3-4,7-10,15H,2,5-6,11-14H2,(H,25,29)(H,23,24,27). The van der Waals surface area contributed by atoms with Crippen LogP contribution >= 0.6 is 0 Å². The monoisotopic (exact) mass is 392 g/mol. The third kappa shape index (κ3) is 3.99. The number of amides is 4. The Hall–Kier alpha value is -3.22. The quantitative estimate of drug-likeness (QED) is 0.764. The minimum absolute atomic E-state index is 0.0390. The molecule has 2 heterocycles. The molecule has 7 heteroatoms. The molecule has 0 radical (unpaired) electrons. The van der Waals surface area contributed by atoms with E-state index in [-0.39, 0.29) is 24.8 Å². The number of carbonyl (C=O) groups excluding carboxylic acids is 3. The molecule has 0 bridgehead atoms. The Morgan fingerprint density at radius 2 is 1.79 bits per heavy atom. The van der Waals surface area contributed by atoms with Gasteiger partial charge in [-0.05, 0) is 30.5 Å². The lowest BCUT2D eigenvalue weighted by atomic mass is 9.82. The molecule has 2 aromatic rings. The molecule has 2 aliphatic rings. The Balaban J connectivity index is 1.32. The fourth-order valence-electron chi connectivity index (χ4n) is 4.06. The summed E-state index contributed by atoms with van der Waals surface area (Å²) in [5, 5.41) is 5.58. The second-order valence-corrected chi connectivity index (χ2v) is 7.63. The number of aromatic nitrogens is 1. The first-order valence-corrected chi connectivity index (χ1v) is 10.0. The number of hydrogen-bond donors (Lipinski definition) is 2. The molecule has 0 unspecified atom stereocenters. The van der Waals surface area contributed by atoms with E-state index in [9.17, 15) is 14.4 Å². The highest BCUT2D eigenvalue weighted by molar-refractivity contribution is 6.07. The number of imide groups is 1. The van der Waals surface area contributed by atoms with E-state index in [1.807, 2.05) is 36.4 Å². The zero-order valence-corrected chi connectivity index (χ0v) is 16.2. The molecule has 2 N–H and O–H groups in total. The van der Waals surface area contributed by atoms with Gasteiger partial charge in [0.15, 0.2) is 0 Å². The van der Waals surface area contributed by atoms with Crippen LogP contribution in [0.3, 0.4) is 0 Å². The maximum absolute atomic E-state index is 12.7. The highest BCUT2D eigenvalue weighted by Crippen LogP contribution is 2.33. The van der Waals surface area contributed by atoms with Crippen molar-refractivity contribution in [1.82, 2.24) is 15.2 Å². The third-order valence-electron chi connectivity index (χ3n) is 5.65. The van der Waals surface area contributed by atoms with Gasteiger partial charge in [-0.3, -0.25) is 14.5 Å². The van der Waals surface area contributed by atoms with Crippen LogP contribution in [0, 0.1) is 0 Å². The lowest BCUT2D eigenvalue weighted by Crippen LogP contribution is -2.48. The highest BCUT2D eigenvalue weighted by Gasteiger charge is 2.51. The molecule has 4 amide bonds. The van der Waals surface area contributed by atoms with Crippen LogP contribution in [-0.4, -0.2) is 39.8 Å². The number of hydrogen-bond acceptors (Lipinski definition) is 4. The number of benzene rings is 1. The van der Waals surface area contributed by atoms with Crippen LogP contribution in [0.4, 0.5) is 10.6 Å². The average molecular weight is 392 g/mol. The van der Waals surface area contributed by atoms with E-state index in [4.69, 9.17) is 0 Å². The summed E-state index contributed by atoms with van der Waals surface area (Å²) in [7, 11) is 0. The number of nitrogens with one attached hydrogen (secondary N) is 2. The lowest BCUT2D eigenvalue weighted by Gasteiger charge is -2.30. The maximum Gasteiger partial charge on any atom is 0.325 e. The second-order valence-electron chi connectivity index (χ2n) is 7.63. The largest absolute Gasteiger partial charge is 0.325 e. The molecular formula is C22H24N4O3. The third-order valence-corrected chi connectivity index (χ3v) is 5.65. The molecule has 4 rings (SSSR count). The van der Waals surface area contributed by atoms with Gasteiger partial charge in [-0.15, -0.1) is 0 Å². The van der Waals surface area contributed by atoms with Crippen molar-refractivity contribution < 1.29 is 14.4 Å². The Morgan fingerprint density at radius 3 is 2.48 bits per heavy atom. The number of nitrogens with zero attached hydrogens (tertiary/aromatic N) is 2. The normalized spacial score (nSPS) is 18.0. The molecule has 1 aliphatic heterocycles. The molecule has 7 nitrogen and oxygen atoms in total. The Bertz CT molecular complexity index is 905. The van der Waals surface area contributed by atoms with Gasteiger partial charge in [0, 0.05) is 24.7 Å². The zero-order chi connectivity index (χ0) is 20.3. The van der Waals surface area contributed by atoms with E-state index < -0.39 is 11.6 Å². The van der Waals surface area contributed by atoms with Gasteiger partial charge in [-0.1, -0.05) is 49.6 Å². The smallest absolute Gasteiger partial charge is 0.323 e. The summed E-state index contributed by atoms with van der Waals surface area (Å²) in [6, 6.07) is 13.1. The Kier molecular flexibility index (Phi) is 5.29. The van der Waals surface area contributed by atoms with E-state index in [2.05, 4.69) is 15.6 Å². The van der Waals surface area contributed by atoms with Crippen LogP contribution in [0.15, 0.2) is 48.7 Å². The second kappa shape index (κ2) is 8.03. The maximum atomic E-state index is 12.7. The van der Waals surface area contributed by atoms with Gasteiger partial charge in [-0.25, -0.2) is 9.78 Å². The van der Waals surface area contributed by atoms with E-state index in [1.54, 1.807) is 12.3 Å². The molecule has 29 heavy (non-hydrogen) atoms. The van der Waals surface area contributed by atoms with Gasteiger partial charge in [0.05, 0.1) is 0 Å². The van der Waals surface area contributed by atoms with Crippen molar-refractivity contribution in [1.29, 1.82) is 0 Å². The molecule has 1 saturated carbocycles. The van der Waals surface area contributed by atoms with Crippen molar-refractivity contribution in [3.8, 4) is 11.1 Å². The van der Waals surface area contributed by atoms with E-state index in [0.717, 1.165) is 30.4 Å². The summed E-state index contributed by atoms with van der Waals surface area (Å²) in [6.45, 7) is 0.0698. The molecule has 150 valence electrons. The van der Waals surface area contributed by atoms with Crippen molar-refractivity contribution >= 4 is 23.7 Å². The predicted molar refractivity (Wildman–Crippen MR) is 109 cm³/mol. The fourth-order valence-corrected chi connectivity index (χ4v) is 4.06. The van der Waals surface area contributed by atoms with Crippen LogP contribution in [0.1, 0.15) is 38.5 Å². The topological polar surface area (TPSA) is 91.4 Å². The molecule has 1 aromatic heterocycles. The summed E-state index contributed by atoms with van der Waals surface area (Å²) >= 11 is 0. The molecule has 0 atom stereocenters. The van der Waals surface area contributed by atoms with Crippen LogP contribution in [0.25, 0.3) is 11.1 Å². The van der Waals surface area contributed by atoms with Crippen molar-refractivity contribution in [2.24, 2.45) is 0 Å². The van der Waals surface area contributed by atoms with Gasteiger partial charge in [-0.2, -0.15) is 0 Å². The van der Waals surface area contributed by atoms with Crippen molar-refractivity contribution in [3.63, 3.8) is 0 Å². The van der Waals surface area contributed by atoms with Crippen molar-refractivity contribution in [2.75, 3.05) is 11.9 Å². The Labute approximate surface area is 169 Å². The molecule has 2 fully saturated rings. The van der Waals surface area contributed by atoms with Gasteiger partial charge in [0.1, 0.15) is 11.4 Å². The van der Waals surface area contributed by atoms with Gasteiger partial charge < -0.3 is 10.6 Å².